The van der Waals surface area contributed by atoms with Gasteiger partial charge in [0.25, 0.3) is 0 Å². The van der Waals surface area contributed by atoms with Crippen LogP contribution in [0.3, 0.4) is 0 Å². The number of carbonyl (C=O) groups is 2. The van der Waals surface area contributed by atoms with Crippen LogP contribution in [0.1, 0.15) is 17.3 Å². The highest BCUT2D eigenvalue weighted by Crippen LogP contribution is 2.35. The van der Waals surface area contributed by atoms with Crippen LogP contribution < -0.4 is 4.90 Å². The van der Waals surface area contributed by atoms with Crippen molar-refractivity contribution >= 4 is 17.5 Å². The van der Waals surface area contributed by atoms with Gasteiger partial charge in [-0.15, -0.1) is 0 Å². The summed E-state index contributed by atoms with van der Waals surface area (Å²) in [5.41, 5.74) is -1.42. The number of nitro groups is 1. The molecule has 0 fully saturated rings. The monoisotopic (exact) mass is 249 g/mol. The zero-order valence-corrected chi connectivity index (χ0v) is 9.91. The largest absolute Gasteiger partial charge is 0.298 e. The number of pyridine rings is 1. The predicted molar refractivity (Wildman–Crippen MR) is 61.9 cm³/mol. The lowest BCUT2D eigenvalue weighted by Gasteiger charge is -2.33. The van der Waals surface area contributed by atoms with Crippen LogP contribution in [0.4, 0.5) is 5.82 Å². The summed E-state index contributed by atoms with van der Waals surface area (Å²) in [6.07, 6.45) is 1.46. The fourth-order valence-corrected chi connectivity index (χ4v) is 2.10. The Labute approximate surface area is 103 Å². The molecule has 1 amide bonds. The quantitative estimate of drug-likeness (QED) is 0.433. The first-order valence-corrected chi connectivity index (χ1v) is 5.27. The maximum absolute atomic E-state index is 12.2. The van der Waals surface area contributed by atoms with Gasteiger partial charge in [0.2, 0.25) is 12.5 Å². The number of ketones is 1. The number of carbonyl (C=O) groups excluding carboxylic acids is 2. The molecule has 7 nitrogen and oxygen atoms in total. The molecule has 94 valence electrons. The molecule has 0 bridgehead atoms. The van der Waals surface area contributed by atoms with Crippen molar-refractivity contribution in [2.75, 3.05) is 18.5 Å². The zero-order valence-electron chi connectivity index (χ0n) is 9.91. The molecule has 0 saturated carbocycles. The second-order valence-electron chi connectivity index (χ2n) is 4.39. The molecule has 0 spiro atoms. The molecule has 1 atom stereocenters. The van der Waals surface area contributed by atoms with Gasteiger partial charge in [0.15, 0.2) is 11.2 Å². The summed E-state index contributed by atoms with van der Waals surface area (Å²) in [6.45, 7) is 0.580. The van der Waals surface area contributed by atoms with Crippen LogP contribution in [0.15, 0.2) is 18.3 Å². The number of hydrogen-bond donors (Lipinski definition) is 0. The minimum Gasteiger partial charge on any atom is -0.298 e. The topological polar surface area (TPSA) is 93.4 Å². The summed E-state index contributed by atoms with van der Waals surface area (Å²) in [6, 6.07) is 3.08. The molecule has 0 radical (unpaired) electrons. The van der Waals surface area contributed by atoms with E-state index in [1.807, 2.05) is 0 Å². The first-order chi connectivity index (χ1) is 8.38. The molecule has 2 rings (SSSR count). The van der Waals surface area contributed by atoms with Crippen LogP contribution in [0.2, 0.25) is 0 Å². The van der Waals surface area contributed by atoms with Gasteiger partial charge in [0.1, 0.15) is 5.82 Å². The molecule has 1 aliphatic heterocycles. The summed E-state index contributed by atoms with van der Waals surface area (Å²) < 4.78 is 0. The van der Waals surface area contributed by atoms with Crippen molar-refractivity contribution in [3.63, 3.8) is 0 Å². The number of Topliss-reactive ketones (excluding diaryl/α,β-unsaturated/α-hetero) is 1. The third-order valence-electron chi connectivity index (χ3n) is 3.07. The number of nitrogens with zero attached hydrogens (tertiary/aromatic N) is 3. The lowest BCUT2D eigenvalue weighted by atomic mass is 9.78. The minimum absolute atomic E-state index is 0.240. The maximum atomic E-state index is 12.2. The summed E-state index contributed by atoms with van der Waals surface area (Å²) in [5, 5.41) is 10.6. The van der Waals surface area contributed by atoms with Crippen molar-refractivity contribution in [3.05, 3.63) is 34.0 Å². The van der Waals surface area contributed by atoms with Gasteiger partial charge in [0.05, 0.1) is 5.56 Å². The van der Waals surface area contributed by atoms with Crippen molar-refractivity contribution in [1.29, 1.82) is 0 Å². The van der Waals surface area contributed by atoms with Crippen molar-refractivity contribution in [1.82, 2.24) is 4.98 Å². The van der Waals surface area contributed by atoms with E-state index in [1.54, 1.807) is 6.07 Å². The molecular weight excluding hydrogens is 238 g/mol. The third kappa shape index (κ3) is 1.55. The smallest absolute Gasteiger partial charge is 0.248 e. The van der Waals surface area contributed by atoms with Crippen molar-refractivity contribution in [3.8, 4) is 0 Å². The van der Waals surface area contributed by atoms with Crippen LogP contribution >= 0.6 is 0 Å². The molecule has 18 heavy (non-hydrogen) atoms. The Hall–Kier alpha value is -2.31. The number of aromatic nitrogens is 1. The summed E-state index contributed by atoms with van der Waals surface area (Å²) in [4.78, 5) is 39.5. The highest BCUT2D eigenvalue weighted by atomic mass is 16.6. The van der Waals surface area contributed by atoms with Crippen molar-refractivity contribution in [2.24, 2.45) is 5.41 Å². The summed E-state index contributed by atoms with van der Waals surface area (Å²) in [5.74, 6) is -0.908. The minimum atomic E-state index is -1.66. The SMILES string of the molecule is CN1C(=O)[C@](C)(C[N+](=O)[O-])C(=O)c2cccnc21. The first kappa shape index (κ1) is 12.2. The molecule has 0 saturated heterocycles. The first-order valence-electron chi connectivity index (χ1n) is 5.27. The Kier molecular flexibility index (Phi) is 2.61. The van der Waals surface area contributed by atoms with E-state index in [2.05, 4.69) is 4.98 Å². The van der Waals surface area contributed by atoms with E-state index < -0.39 is 28.6 Å². The molecule has 7 heteroatoms. The Bertz CT molecular complexity index is 557. The van der Waals surface area contributed by atoms with Gasteiger partial charge >= 0.3 is 0 Å². The summed E-state index contributed by atoms with van der Waals surface area (Å²) in [7, 11) is 1.46. The maximum Gasteiger partial charge on any atom is 0.248 e. The van der Waals surface area contributed by atoms with Crippen LogP contribution in [-0.2, 0) is 4.79 Å². The molecule has 0 aliphatic carbocycles. The number of rotatable bonds is 2. The fraction of sp³-hybridized carbons (Fsp3) is 0.364. The molecule has 1 aliphatic rings. The molecule has 1 aromatic heterocycles. The van der Waals surface area contributed by atoms with Gasteiger partial charge in [-0.25, -0.2) is 4.98 Å². The van der Waals surface area contributed by atoms with E-state index in [0.29, 0.717) is 0 Å². The van der Waals surface area contributed by atoms with Crippen LogP contribution in [-0.4, -0.2) is 35.2 Å². The van der Waals surface area contributed by atoms with E-state index in [9.17, 15) is 19.7 Å². The Morgan fingerprint density at radius 3 is 2.78 bits per heavy atom. The normalized spacial score (nSPS) is 22.9. The van der Waals surface area contributed by atoms with Gasteiger partial charge in [-0.1, -0.05) is 0 Å². The van der Waals surface area contributed by atoms with Gasteiger partial charge in [0, 0.05) is 18.2 Å². The second-order valence-corrected chi connectivity index (χ2v) is 4.39. The van der Waals surface area contributed by atoms with E-state index in [0.717, 1.165) is 0 Å². The van der Waals surface area contributed by atoms with Crippen LogP contribution in [0.25, 0.3) is 0 Å². The fourth-order valence-electron chi connectivity index (χ4n) is 2.10. The Morgan fingerprint density at radius 2 is 2.17 bits per heavy atom. The standard InChI is InChI=1S/C11H11N3O4/c1-11(6-14(17)18)8(15)7-4-3-5-12-9(7)13(2)10(11)16/h3-5H,6H2,1-2H3/t11-/m1/s1. The highest BCUT2D eigenvalue weighted by Gasteiger charge is 2.52. The lowest BCUT2D eigenvalue weighted by Crippen LogP contribution is -2.53. The van der Waals surface area contributed by atoms with E-state index >= 15 is 0 Å². The number of fused-ring (bicyclic) bond motifs is 1. The van der Waals surface area contributed by atoms with Crippen molar-refractivity contribution < 1.29 is 14.5 Å². The Balaban J connectivity index is 2.58. The molecular formula is C11H11N3O4. The predicted octanol–water partition coefficient (Wildman–Crippen LogP) is 0.524. The Morgan fingerprint density at radius 1 is 1.50 bits per heavy atom. The van der Waals surface area contributed by atoms with Gasteiger partial charge < -0.3 is 0 Å². The number of hydrogen-bond acceptors (Lipinski definition) is 5. The molecule has 0 aromatic carbocycles. The third-order valence-corrected chi connectivity index (χ3v) is 3.07. The van der Waals surface area contributed by atoms with Crippen molar-refractivity contribution in [2.45, 2.75) is 6.92 Å². The average Bonchev–Trinajstić information content (AvgIpc) is 2.33. The molecule has 0 N–H and O–H groups in total. The average molecular weight is 249 g/mol. The van der Waals surface area contributed by atoms with E-state index in [-0.39, 0.29) is 11.4 Å². The lowest BCUT2D eigenvalue weighted by molar-refractivity contribution is -0.489. The summed E-state index contributed by atoms with van der Waals surface area (Å²) >= 11 is 0. The van der Waals surface area contributed by atoms with Gasteiger partial charge in [-0.05, 0) is 19.1 Å². The second kappa shape index (κ2) is 3.86. The van der Waals surface area contributed by atoms with Crippen LogP contribution in [0.5, 0.6) is 0 Å². The van der Waals surface area contributed by atoms with Crippen LogP contribution in [0, 0.1) is 15.5 Å². The number of anilines is 1. The number of amides is 1. The van der Waals surface area contributed by atoms with Gasteiger partial charge in [-0.3, -0.25) is 24.6 Å². The highest BCUT2D eigenvalue weighted by molar-refractivity contribution is 6.23. The zero-order chi connectivity index (χ0) is 13.5. The van der Waals surface area contributed by atoms with Gasteiger partial charge in [-0.2, -0.15) is 0 Å². The molecule has 0 unspecified atom stereocenters. The van der Waals surface area contributed by atoms with E-state index in [4.69, 9.17) is 0 Å². The molecule has 1 aromatic rings. The van der Waals surface area contributed by atoms with E-state index in [1.165, 1.54) is 31.1 Å². The molecule has 2 heterocycles.